The summed E-state index contributed by atoms with van der Waals surface area (Å²) in [6.07, 6.45) is 1.19. The molecule has 0 saturated carbocycles. The van der Waals surface area contributed by atoms with Crippen molar-refractivity contribution in [2.45, 2.75) is 26.1 Å². The maximum atomic E-state index is 5.96. The van der Waals surface area contributed by atoms with Crippen LogP contribution >= 0.6 is 23.2 Å². The van der Waals surface area contributed by atoms with Crippen LogP contribution in [-0.2, 0) is 5.88 Å². The van der Waals surface area contributed by atoms with Gasteiger partial charge in [-0.2, -0.15) is 0 Å². The average Bonchev–Trinajstić information content (AvgIpc) is 2.28. The van der Waals surface area contributed by atoms with E-state index in [1.807, 2.05) is 18.2 Å². The van der Waals surface area contributed by atoms with Gasteiger partial charge < -0.3 is 4.90 Å². The van der Waals surface area contributed by atoms with E-state index in [1.165, 1.54) is 12.1 Å². The molecule has 1 rings (SSSR count). The summed E-state index contributed by atoms with van der Waals surface area (Å²) in [6.45, 7) is 5.51. The molecule has 0 saturated heterocycles. The lowest BCUT2D eigenvalue weighted by atomic mass is 10.1. The minimum atomic E-state index is 0.501. The summed E-state index contributed by atoms with van der Waals surface area (Å²) in [6, 6.07) is 5.90. The molecule has 0 radical (unpaired) electrons. The minimum Gasteiger partial charge on any atom is -0.374 e. The Kier molecular flexibility index (Phi) is 5.43. The molecule has 0 heterocycles. The van der Waals surface area contributed by atoms with Gasteiger partial charge in [0.15, 0.2) is 0 Å². The molecule has 0 aliphatic rings. The van der Waals surface area contributed by atoms with E-state index >= 15 is 0 Å². The largest absolute Gasteiger partial charge is 0.374 e. The Balaban J connectivity index is 2.85. The number of anilines is 1. The zero-order chi connectivity index (χ0) is 12.1. The van der Waals surface area contributed by atoms with Crippen LogP contribution in [0.5, 0.6) is 0 Å². The predicted octanol–water partition coefficient (Wildman–Crippen LogP) is 4.56. The quantitative estimate of drug-likeness (QED) is 0.701. The predicted molar refractivity (Wildman–Crippen MR) is 73.7 cm³/mol. The molecular weight excluding hydrogens is 241 g/mol. The topological polar surface area (TPSA) is 3.24 Å². The number of hydrogen-bond donors (Lipinski definition) is 0. The van der Waals surface area contributed by atoms with E-state index in [9.17, 15) is 0 Å². The Morgan fingerprint density at radius 3 is 2.62 bits per heavy atom. The molecule has 0 aliphatic carbocycles. The van der Waals surface area contributed by atoms with Gasteiger partial charge in [-0.1, -0.05) is 31.9 Å². The van der Waals surface area contributed by atoms with Crippen molar-refractivity contribution in [3.05, 3.63) is 28.8 Å². The summed E-state index contributed by atoms with van der Waals surface area (Å²) in [4.78, 5) is 2.25. The van der Waals surface area contributed by atoms with Crippen LogP contribution in [-0.4, -0.2) is 13.6 Å². The minimum absolute atomic E-state index is 0.501. The van der Waals surface area contributed by atoms with Gasteiger partial charge in [0.1, 0.15) is 0 Å². The second-order valence-corrected chi connectivity index (χ2v) is 5.00. The van der Waals surface area contributed by atoms with Gasteiger partial charge in [-0.05, 0) is 29.7 Å². The first-order valence-corrected chi connectivity index (χ1v) is 6.55. The second-order valence-electron chi connectivity index (χ2n) is 4.30. The van der Waals surface area contributed by atoms with Gasteiger partial charge in [-0.25, -0.2) is 0 Å². The Hall–Kier alpha value is -0.400. The van der Waals surface area contributed by atoms with Gasteiger partial charge in [0, 0.05) is 30.2 Å². The molecule has 1 nitrogen and oxygen atoms in total. The number of benzene rings is 1. The van der Waals surface area contributed by atoms with Crippen molar-refractivity contribution in [2.75, 3.05) is 18.5 Å². The standard InChI is InChI=1S/C13H19Cl2N/c1-4-10(2)9-16(3)13-6-5-12(15)7-11(13)8-14/h5-7,10H,4,8-9H2,1-3H3. The number of nitrogens with zero attached hydrogens (tertiary/aromatic N) is 1. The van der Waals surface area contributed by atoms with Gasteiger partial charge in [0.05, 0.1) is 0 Å². The first-order valence-electron chi connectivity index (χ1n) is 5.64. The molecule has 0 fully saturated rings. The van der Waals surface area contributed by atoms with Crippen LogP contribution in [0.4, 0.5) is 5.69 Å². The van der Waals surface area contributed by atoms with Crippen LogP contribution in [0.15, 0.2) is 18.2 Å². The molecule has 0 N–H and O–H groups in total. The van der Waals surface area contributed by atoms with Crippen LogP contribution in [0.25, 0.3) is 0 Å². The maximum Gasteiger partial charge on any atom is 0.0495 e. The molecule has 1 aromatic rings. The number of hydrogen-bond acceptors (Lipinski definition) is 1. The van der Waals surface area contributed by atoms with Crippen LogP contribution < -0.4 is 4.90 Å². The highest BCUT2D eigenvalue weighted by Gasteiger charge is 2.09. The normalized spacial score (nSPS) is 12.6. The van der Waals surface area contributed by atoms with E-state index in [2.05, 4.69) is 25.8 Å². The van der Waals surface area contributed by atoms with Crippen LogP contribution in [0.1, 0.15) is 25.8 Å². The van der Waals surface area contributed by atoms with Crippen molar-refractivity contribution in [3.63, 3.8) is 0 Å². The summed E-state index contributed by atoms with van der Waals surface area (Å²) in [5.74, 6) is 1.18. The van der Waals surface area contributed by atoms with Gasteiger partial charge >= 0.3 is 0 Å². The van der Waals surface area contributed by atoms with Gasteiger partial charge in [-0.3, -0.25) is 0 Å². The number of rotatable bonds is 5. The summed E-state index contributed by atoms with van der Waals surface area (Å²) in [7, 11) is 2.10. The molecule has 0 aromatic heterocycles. The van der Waals surface area contributed by atoms with E-state index in [-0.39, 0.29) is 0 Å². The van der Waals surface area contributed by atoms with Gasteiger partial charge in [0.2, 0.25) is 0 Å². The molecule has 16 heavy (non-hydrogen) atoms. The molecule has 0 amide bonds. The van der Waals surface area contributed by atoms with E-state index in [1.54, 1.807) is 0 Å². The third kappa shape index (κ3) is 3.57. The highest BCUT2D eigenvalue weighted by molar-refractivity contribution is 6.30. The molecular formula is C13H19Cl2N. The van der Waals surface area contributed by atoms with E-state index in [0.717, 1.165) is 17.1 Å². The Morgan fingerprint density at radius 1 is 1.38 bits per heavy atom. The van der Waals surface area contributed by atoms with Crippen molar-refractivity contribution in [2.24, 2.45) is 5.92 Å². The summed E-state index contributed by atoms with van der Waals surface area (Å²) < 4.78 is 0. The molecule has 0 bridgehead atoms. The number of halogens is 2. The first kappa shape index (κ1) is 13.7. The van der Waals surface area contributed by atoms with Crippen molar-refractivity contribution < 1.29 is 0 Å². The third-order valence-corrected chi connectivity index (χ3v) is 3.40. The van der Waals surface area contributed by atoms with Crippen molar-refractivity contribution in [1.82, 2.24) is 0 Å². The SMILES string of the molecule is CCC(C)CN(C)c1ccc(Cl)cc1CCl. The Morgan fingerprint density at radius 2 is 2.06 bits per heavy atom. The zero-order valence-corrected chi connectivity index (χ0v) is 11.6. The lowest BCUT2D eigenvalue weighted by Gasteiger charge is -2.25. The van der Waals surface area contributed by atoms with E-state index in [0.29, 0.717) is 11.8 Å². The van der Waals surface area contributed by atoms with Crippen molar-refractivity contribution >= 4 is 28.9 Å². The highest BCUT2D eigenvalue weighted by atomic mass is 35.5. The zero-order valence-electron chi connectivity index (χ0n) is 10.1. The Labute approximate surface area is 108 Å². The fourth-order valence-corrected chi connectivity index (χ4v) is 2.14. The van der Waals surface area contributed by atoms with Crippen molar-refractivity contribution in [3.8, 4) is 0 Å². The molecule has 90 valence electrons. The second kappa shape index (κ2) is 6.36. The molecule has 1 aromatic carbocycles. The van der Waals surface area contributed by atoms with Crippen molar-refractivity contribution in [1.29, 1.82) is 0 Å². The molecule has 0 aliphatic heterocycles. The molecule has 3 heteroatoms. The maximum absolute atomic E-state index is 5.96. The Bertz CT molecular complexity index is 339. The molecule has 1 unspecified atom stereocenters. The van der Waals surface area contributed by atoms with Crippen LogP contribution in [0, 0.1) is 5.92 Å². The van der Waals surface area contributed by atoms with E-state index in [4.69, 9.17) is 23.2 Å². The summed E-state index contributed by atoms with van der Waals surface area (Å²) >= 11 is 11.9. The molecule has 0 spiro atoms. The third-order valence-electron chi connectivity index (χ3n) is 2.88. The summed E-state index contributed by atoms with van der Waals surface area (Å²) in [5.41, 5.74) is 2.28. The highest BCUT2D eigenvalue weighted by Crippen LogP contribution is 2.25. The number of alkyl halides is 1. The first-order chi connectivity index (χ1) is 7.58. The lowest BCUT2D eigenvalue weighted by Crippen LogP contribution is -2.24. The molecule has 1 atom stereocenters. The fourth-order valence-electron chi connectivity index (χ4n) is 1.73. The fraction of sp³-hybridized carbons (Fsp3) is 0.538. The van der Waals surface area contributed by atoms with Crippen LogP contribution in [0.3, 0.4) is 0 Å². The smallest absolute Gasteiger partial charge is 0.0495 e. The monoisotopic (exact) mass is 259 g/mol. The van der Waals surface area contributed by atoms with Gasteiger partial charge in [-0.15, -0.1) is 11.6 Å². The summed E-state index contributed by atoms with van der Waals surface area (Å²) in [5, 5.41) is 0.747. The van der Waals surface area contributed by atoms with E-state index < -0.39 is 0 Å². The average molecular weight is 260 g/mol. The lowest BCUT2D eigenvalue weighted by molar-refractivity contribution is 0.559. The van der Waals surface area contributed by atoms with Gasteiger partial charge in [0.25, 0.3) is 0 Å². The van der Waals surface area contributed by atoms with Crippen LogP contribution in [0.2, 0.25) is 5.02 Å².